The van der Waals surface area contributed by atoms with Gasteiger partial charge >= 0.3 is 0 Å². The molecule has 7 nitrogen and oxygen atoms in total. The molecule has 0 aromatic heterocycles. The summed E-state index contributed by atoms with van der Waals surface area (Å²) in [5.41, 5.74) is 5.76. The number of nitrogens with zero attached hydrogens (tertiary/aromatic N) is 6. The summed E-state index contributed by atoms with van der Waals surface area (Å²) < 4.78 is 6.58. The van der Waals surface area contributed by atoms with Crippen molar-refractivity contribution >= 4 is 46.0 Å². The molecule has 228 valence electrons. The van der Waals surface area contributed by atoms with E-state index in [9.17, 15) is 0 Å². The first-order valence-electron chi connectivity index (χ1n) is 15.8. The molecule has 8 rings (SSSR count). The van der Waals surface area contributed by atoms with E-state index in [1.165, 1.54) is 11.4 Å². The topological polar surface area (TPSA) is 46.9 Å². The fraction of sp³-hybridized carbons (Fsp3) is 0.316. The van der Waals surface area contributed by atoms with Crippen LogP contribution in [0.4, 0.5) is 34.1 Å². The first-order valence-corrected chi connectivity index (χ1v) is 15.8. The van der Waals surface area contributed by atoms with Crippen LogP contribution in [0.1, 0.15) is 55.4 Å². The molecule has 0 unspecified atom stereocenters. The smallest absolute Gasteiger partial charge is 0.211 e. The van der Waals surface area contributed by atoms with Crippen LogP contribution in [0.5, 0.6) is 11.5 Å². The molecule has 0 aliphatic carbocycles. The van der Waals surface area contributed by atoms with Crippen molar-refractivity contribution in [1.82, 2.24) is 0 Å². The fourth-order valence-electron chi connectivity index (χ4n) is 6.96. The van der Waals surface area contributed by atoms with E-state index in [-0.39, 0.29) is 22.2 Å². The second-order valence-electron chi connectivity index (χ2n) is 14.5. The van der Waals surface area contributed by atoms with Gasteiger partial charge in [-0.3, -0.25) is 9.80 Å². The highest BCUT2D eigenvalue weighted by molar-refractivity contribution is 6.23. The number of aliphatic imine (C=N–C) groups is 2. The Bertz CT molecular complexity index is 1800. The number of fused-ring (bicyclic) bond motifs is 6. The summed E-state index contributed by atoms with van der Waals surface area (Å²) in [6, 6.07) is 33.7. The maximum Gasteiger partial charge on any atom is 0.211 e. The molecular formula is C38H40N6O. The third-order valence-electron chi connectivity index (χ3n) is 10.8. The molecule has 0 spiro atoms. The predicted molar refractivity (Wildman–Crippen MR) is 186 cm³/mol. The molecule has 0 amide bonds. The number of guanidine groups is 2. The van der Waals surface area contributed by atoms with Gasteiger partial charge < -0.3 is 14.5 Å². The number of rotatable bonds is 4. The summed E-state index contributed by atoms with van der Waals surface area (Å²) in [6.45, 7) is 17.9. The van der Waals surface area contributed by atoms with Crippen LogP contribution in [-0.2, 0) is 0 Å². The molecule has 45 heavy (non-hydrogen) atoms. The molecule has 0 saturated heterocycles. The lowest BCUT2D eigenvalue weighted by atomic mass is 9.83. The average Bonchev–Trinajstić information content (AvgIpc) is 3.60. The minimum Gasteiger partial charge on any atom is -0.457 e. The molecule has 0 fully saturated rings. The van der Waals surface area contributed by atoms with E-state index in [0.29, 0.717) is 0 Å². The lowest BCUT2D eigenvalue weighted by molar-refractivity contribution is 0.338. The van der Waals surface area contributed by atoms with Gasteiger partial charge in [0.25, 0.3) is 0 Å². The van der Waals surface area contributed by atoms with Crippen molar-refractivity contribution in [3.63, 3.8) is 0 Å². The van der Waals surface area contributed by atoms with Crippen LogP contribution in [0, 0.1) is 0 Å². The zero-order valence-electron chi connectivity index (χ0n) is 27.3. The van der Waals surface area contributed by atoms with Crippen molar-refractivity contribution < 1.29 is 4.74 Å². The first kappa shape index (κ1) is 27.7. The molecule has 0 saturated carbocycles. The van der Waals surface area contributed by atoms with Crippen molar-refractivity contribution in [1.29, 1.82) is 0 Å². The van der Waals surface area contributed by atoms with Gasteiger partial charge in [0, 0.05) is 12.1 Å². The number of hydrogen-bond acceptors (Lipinski definition) is 7. The van der Waals surface area contributed by atoms with Gasteiger partial charge in [0.1, 0.15) is 11.5 Å². The van der Waals surface area contributed by atoms with Crippen LogP contribution in [0.3, 0.4) is 0 Å². The summed E-state index contributed by atoms with van der Waals surface area (Å²) in [5, 5.41) is 0. The van der Waals surface area contributed by atoms with E-state index in [1.54, 1.807) is 0 Å². The number of anilines is 6. The lowest BCUT2D eigenvalue weighted by Gasteiger charge is -2.39. The third kappa shape index (κ3) is 3.70. The first-order chi connectivity index (χ1) is 21.3. The van der Waals surface area contributed by atoms with E-state index in [1.807, 2.05) is 12.1 Å². The quantitative estimate of drug-likeness (QED) is 0.235. The summed E-state index contributed by atoms with van der Waals surface area (Å²) in [5.74, 6) is 3.43. The Kier molecular flexibility index (Phi) is 5.49. The van der Waals surface area contributed by atoms with Gasteiger partial charge in [-0.05, 0) is 104 Å². The van der Waals surface area contributed by atoms with Gasteiger partial charge in [0.2, 0.25) is 11.9 Å². The average molecular weight is 597 g/mol. The lowest BCUT2D eigenvalue weighted by Crippen LogP contribution is -2.53. The summed E-state index contributed by atoms with van der Waals surface area (Å²) in [6.07, 6.45) is 0. The summed E-state index contributed by atoms with van der Waals surface area (Å²) in [4.78, 5) is 19.8. The van der Waals surface area contributed by atoms with Gasteiger partial charge in [-0.2, -0.15) is 0 Å². The normalized spacial score (nSPS) is 20.8. The van der Waals surface area contributed by atoms with Crippen molar-refractivity contribution in [3.05, 3.63) is 97.1 Å². The molecule has 4 aromatic carbocycles. The van der Waals surface area contributed by atoms with Crippen LogP contribution in [0.25, 0.3) is 0 Å². The zero-order valence-corrected chi connectivity index (χ0v) is 27.3. The number of ether oxygens (including phenoxy) is 1. The molecule has 4 heterocycles. The predicted octanol–water partition coefficient (Wildman–Crippen LogP) is 9.25. The SMILES string of the molecule is CC1(C)N=C2N(c3cccc(Oc4cccc(N5C6=NC(C)(C)C(C)(C)N6c6ccccc65)c4)c3)c3ccccc3N2C1(C)C. The number of para-hydroxylation sites is 4. The molecule has 0 radical (unpaired) electrons. The minimum atomic E-state index is -0.250. The molecule has 4 aromatic rings. The highest BCUT2D eigenvalue weighted by Crippen LogP contribution is 2.53. The Balaban J connectivity index is 1.15. The Hall–Kier alpha value is -4.78. The Morgan fingerprint density at radius 2 is 0.844 bits per heavy atom. The van der Waals surface area contributed by atoms with Crippen LogP contribution < -0.4 is 24.3 Å². The van der Waals surface area contributed by atoms with E-state index < -0.39 is 0 Å². The van der Waals surface area contributed by atoms with Crippen LogP contribution in [0.15, 0.2) is 107 Å². The number of benzene rings is 4. The third-order valence-corrected chi connectivity index (χ3v) is 10.8. The van der Waals surface area contributed by atoms with Gasteiger partial charge in [-0.25, -0.2) is 9.98 Å². The maximum atomic E-state index is 6.58. The monoisotopic (exact) mass is 596 g/mol. The Morgan fingerprint density at radius 3 is 1.24 bits per heavy atom. The maximum absolute atomic E-state index is 6.58. The molecule has 4 aliphatic rings. The minimum absolute atomic E-state index is 0.181. The fourth-order valence-corrected chi connectivity index (χ4v) is 6.96. The van der Waals surface area contributed by atoms with Gasteiger partial charge in [0.05, 0.1) is 56.3 Å². The van der Waals surface area contributed by atoms with Crippen molar-refractivity contribution in [2.24, 2.45) is 9.98 Å². The molecule has 0 bridgehead atoms. The Labute approximate surface area is 266 Å². The second-order valence-corrected chi connectivity index (χ2v) is 14.5. The van der Waals surface area contributed by atoms with Gasteiger partial charge in [-0.1, -0.05) is 36.4 Å². The molecule has 0 N–H and O–H groups in total. The molecular weight excluding hydrogens is 556 g/mol. The molecule has 7 heteroatoms. The van der Waals surface area contributed by atoms with E-state index in [4.69, 9.17) is 14.7 Å². The van der Waals surface area contributed by atoms with Crippen LogP contribution in [0.2, 0.25) is 0 Å². The zero-order chi connectivity index (χ0) is 31.5. The largest absolute Gasteiger partial charge is 0.457 e. The molecule has 0 atom stereocenters. The standard InChI is InChI=1S/C38H40N6O/c1-35(2)37(5,6)43-31-21-11-9-19-29(31)41(33(43)39-35)25-15-13-17-27(23-25)45-28-18-14-16-26(24-28)42-30-20-10-12-22-32(30)44-34(42)40-36(3,4)38(44,7)8/h9-24H,1-8H3. The van der Waals surface area contributed by atoms with Crippen LogP contribution in [-0.4, -0.2) is 34.1 Å². The van der Waals surface area contributed by atoms with E-state index in [0.717, 1.165) is 46.2 Å². The van der Waals surface area contributed by atoms with Crippen LogP contribution >= 0.6 is 0 Å². The summed E-state index contributed by atoms with van der Waals surface area (Å²) >= 11 is 0. The molecule has 4 aliphatic heterocycles. The highest BCUT2D eigenvalue weighted by Gasteiger charge is 2.56. The number of hydrogen-bond donors (Lipinski definition) is 0. The highest BCUT2D eigenvalue weighted by atomic mass is 16.5. The van der Waals surface area contributed by atoms with E-state index in [2.05, 4.69) is 160 Å². The van der Waals surface area contributed by atoms with Crippen molar-refractivity contribution in [3.8, 4) is 11.5 Å². The van der Waals surface area contributed by atoms with Crippen molar-refractivity contribution in [2.75, 3.05) is 19.6 Å². The second kappa shape index (κ2) is 8.90. The van der Waals surface area contributed by atoms with Crippen molar-refractivity contribution in [2.45, 2.75) is 77.5 Å². The Morgan fingerprint density at radius 1 is 0.467 bits per heavy atom. The van der Waals surface area contributed by atoms with E-state index >= 15 is 0 Å². The van der Waals surface area contributed by atoms with Gasteiger partial charge in [0.15, 0.2) is 0 Å². The summed E-state index contributed by atoms with van der Waals surface area (Å²) in [7, 11) is 0. The van der Waals surface area contributed by atoms with Gasteiger partial charge in [-0.15, -0.1) is 0 Å².